The third kappa shape index (κ3) is 4.02. The molecule has 0 saturated carbocycles. The van der Waals surface area contributed by atoms with Crippen molar-refractivity contribution in [1.29, 1.82) is 0 Å². The monoisotopic (exact) mass is 331 g/mol. The van der Waals surface area contributed by atoms with Crippen molar-refractivity contribution < 1.29 is 13.2 Å². The van der Waals surface area contributed by atoms with Crippen LogP contribution in [0.5, 0.6) is 0 Å². The van der Waals surface area contributed by atoms with Crippen molar-refractivity contribution in [3.8, 4) is 0 Å². The summed E-state index contributed by atoms with van der Waals surface area (Å²) in [7, 11) is -3.73. The van der Waals surface area contributed by atoms with Crippen molar-refractivity contribution in [3.63, 3.8) is 0 Å². The molecule has 1 aromatic rings. The lowest BCUT2D eigenvalue weighted by Gasteiger charge is -2.15. The zero-order valence-corrected chi connectivity index (χ0v) is 14.2. The molecule has 1 fully saturated rings. The molecule has 1 amide bonds. The standard InChI is InChI=1S/C13H21N3O3S2/c1-9(2)8-11-14-10(3)12(20-11)13(17)15-21(18,19)16-6-4-5-7-16/h9H,4-8H2,1-3H3,(H,15,17). The van der Waals surface area contributed by atoms with Gasteiger partial charge in [0.15, 0.2) is 0 Å². The first kappa shape index (κ1) is 16.4. The van der Waals surface area contributed by atoms with Gasteiger partial charge in [0.25, 0.3) is 5.91 Å². The number of nitrogens with one attached hydrogen (secondary N) is 1. The molecule has 0 aliphatic carbocycles. The number of amides is 1. The van der Waals surface area contributed by atoms with Crippen LogP contribution in [-0.4, -0.2) is 36.7 Å². The molecular weight excluding hydrogens is 310 g/mol. The van der Waals surface area contributed by atoms with Crippen LogP contribution < -0.4 is 4.72 Å². The maximum atomic E-state index is 12.2. The lowest BCUT2D eigenvalue weighted by atomic mass is 10.1. The minimum Gasteiger partial charge on any atom is -0.267 e. The third-order valence-corrected chi connectivity index (χ3v) is 5.92. The summed E-state index contributed by atoms with van der Waals surface area (Å²) in [5, 5.41) is 0.867. The van der Waals surface area contributed by atoms with Crippen molar-refractivity contribution in [1.82, 2.24) is 14.0 Å². The average molecular weight is 331 g/mol. The van der Waals surface area contributed by atoms with E-state index in [0.717, 1.165) is 24.3 Å². The second-order valence-corrected chi connectivity index (χ2v) is 8.42. The van der Waals surface area contributed by atoms with Crippen LogP contribution in [0.25, 0.3) is 0 Å². The van der Waals surface area contributed by atoms with E-state index in [1.807, 2.05) is 0 Å². The molecule has 1 aliphatic rings. The molecule has 6 nitrogen and oxygen atoms in total. The van der Waals surface area contributed by atoms with Crippen LogP contribution in [0.3, 0.4) is 0 Å². The van der Waals surface area contributed by atoms with Gasteiger partial charge in [-0.2, -0.15) is 12.7 Å². The van der Waals surface area contributed by atoms with Gasteiger partial charge in [0.1, 0.15) is 4.88 Å². The Balaban J connectivity index is 2.11. The summed E-state index contributed by atoms with van der Waals surface area (Å²) >= 11 is 1.27. The second kappa shape index (κ2) is 6.41. The molecule has 21 heavy (non-hydrogen) atoms. The Morgan fingerprint density at radius 3 is 2.57 bits per heavy atom. The maximum absolute atomic E-state index is 12.2. The zero-order valence-electron chi connectivity index (χ0n) is 12.5. The molecule has 0 radical (unpaired) electrons. The molecule has 0 spiro atoms. The molecule has 8 heteroatoms. The van der Waals surface area contributed by atoms with Gasteiger partial charge >= 0.3 is 10.2 Å². The number of rotatable bonds is 5. The highest BCUT2D eigenvalue weighted by atomic mass is 32.2. The van der Waals surface area contributed by atoms with Crippen LogP contribution in [0.15, 0.2) is 0 Å². The zero-order chi connectivity index (χ0) is 15.6. The first-order valence-electron chi connectivity index (χ1n) is 7.08. The number of hydrogen-bond donors (Lipinski definition) is 1. The maximum Gasteiger partial charge on any atom is 0.304 e. The summed E-state index contributed by atoms with van der Waals surface area (Å²) < 4.78 is 27.6. The molecule has 1 aliphatic heterocycles. The van der Waals surface area contributed by atoms with E-state index < -0.39 is 16.1 Å². The van der Waals surface area contributed by atoms with E-state index in [-0.39, 0.29) is 0 Å². The van der Waals surface area contributed by atoms with Crippen molar-refractivity contribution >= 4 is 27.5 Å². The number of thiazole rings is 1. The van der Waals surface area contributed by atoms with Crippen LogP contribution in [0.2, 0.25) is 0 Å². The first-order valence-corrected chi connectivity index (χ1v) is 9.34. The number of aromatic nitrogens is 1. The summed E-state index contributed by atoms with van der Waals surface area (Å²) in [5.74, 6) is -0.133. The van der Waals surface area contributed by atoms with Gasteiger partial charge in [0.2, 0.25) is 0 Å². The smallest absolute Gasteiger partial charge is 0.267 e. The molecule has 118 valence electrons. The Hall–Kier alpha value is -0.990. The Morgan fingerprint density at radius 1 is 1.38 bits per heavy atom. The summed E-state index contributed by atoms with van der Waals surface area (Å²) in [6.45, 7) is 6.84. The summed E-state index contributed by atoms with van der Waals surface area (Å²) in [6.07, 6.45) is 2.47. The van der Waals surface area contributed by atoms with Crippen LogP contribution in [0, 0.1) is 12.8 Å². The Kier molecular flexibility index (Phi) is 5.00. The fraction of sp³-hybridized carbons (Fsp3) is 0.692. The summed E-state index contributed by atoms with van der Waals surface area (Å²) in [4.78, 5) is 16.9. The van der Waals surface area contributed by atoms with E-state index in [2.05, 4.69) is 23.6 Å². The van der Waals surface area contributed by atoms with Crippen molar-refractivity contribution in [2.24, 2.45) is 5.92 Å². The lowest BCUT2D eigenvalue weighted by molar-refractivity contribution is 0.0982. The van der Waals surface area contributed by atoms with Gasteiger partial charge in [-0.05, 0) is 25.7 Å². The molecule has 2 rings (SSSR count). The van der Waals surface area contributed by atoms with Crippen LogP contribution in [-0.2, 0) is 16.6 Å². The van der Waals surface area contributed by atoms with E-state index in [9.17, 15) is 13.2 Å². The van der Waals surface area contributed by atoms with Crippen molar-refractivity contribution in [3.05, 3.63) is 15.6 Å². The number of carbonyl (C=O) groups excluding carboxylic acids is 1. The van der Waals surface area contributed by atoms with Crippen LogP contribution in [0.4, 0.5) is 0 Å². The number of hydrogen-bond acceptors (Lipinski definition) is 5. The Labute approximate surface area is 129 Å². The minimum atomic E-state index is -3.73. The molecule has 0 atom stereocenters. The summed E-state index contributed by atoms with van der Waals surface area (Å²) in [6, 6.07) is 0. The van der Waals surface area contributed by atoms with E-state index in [0.29, 0.717) is 29.6 Å². The molecular formula is C13H21N3O3S2. The van der Waals surface area contributed by atoms with Gasteiger partial charge in [0.05, 0.1) is 10.7 Å². The highest BCUT2D eigenvalue weighted by molar-refractivity contribution is 7.87. The number of nitrogens with zero attached hydrogens (tertiary/aromatic N) is 2. The lowest BCUT2D eigenvalue weighted by Crippen LogP contribution is -2.41. The number of carbonyl (C=O) groups is 1. The third-order valence-electron chi connectivity index (χ3n) is 3.26. The average Bonchev–Trinajstić information content (AvgIpc) is 2.97. The molecule has 1 N–H and O–H groups in total. The molecule has 0 unspecified atom stereocenters. The minimum absolute atomic E-state index is 0.383. The second-order valence-electron chi connectivity index (χ2n) is 5.66. The van der Waals surface area contributed by atoms with Gasteiger partial charge in [-0.25, -0.2) is 9.71 Å². The fourth-order valence-corrected chi connectivity index (χ4v) is 4.70. The van der Waals surface area contributed by atoms with Gasteiger partial charge in [-0.15, -0.1) is 11.3 Å². The van der Waals surface area contributed by atoms with Crippen molar-refractivity contribution in [2.75, 3.05) is 13.1 Å². The quantitative estimate of drug-likeness (QED) is 0.891. The highest BCUT2D eigenvalue weighted by Crippen LogP contribution is 2.21. The van der Waals surface area contributed by atoms with E-state index >= 15 is 0 Å². The largest absolute Gasteiger partial charge is 0.304 e. The molecule has 1 aromatic heterocycles. The SMILES string of the molecule is Cc1nc(CC(C)C)sc1C(=O)NS(=O)(=O)N1CCCC1. The first-order chi connectivity index (χ1) is 9.79. The van der Waals surface area contributed by atoms with Crippen LogP contribution in [0.1, 0.15) is 47.1 Å². The molecule has 1 saturated heterocycles. The van der Waals surface area contributed by atoms with Crippen molar-refractivity contribution in [2.45, 2.75) is 40.0 Å². The topological polar surface area (TPSA) is 79.4 Å². The normalized spacial score (nSPS) is 16.6. The predicted molar refractivity (Wildman–Crippen MR) is 82.6 cm³/mol. The summed E-state index contributed by atoms with van der Waals surface area (Å²) in [5.41, 5.74) is 0.588. The van der Waals surface area contributed by atoms with Gasteiger partial charge in [-0.1, -0.05) is 13.8 Å². The fourth-order valence-electron chi connectivity index (χ4n) is 2.26. The highest BCUT2D eigenvalue weighted by Gasteiger charge is 2.28. The van der Waals surface area contributed by atoms with Gasteiger partial charge < -0.3 is 0 Å². The van der Waals surface area contributed by atoms with Gasteiger partial charge in [-0.3, -0.25) is 4.79 Å². The molecule has 0 bridgehead atoms. The Bertz CT molecular complexity index is 617. The van der Waals surface area contributed by atoms with Crippen LogP contribution >= 0.6 is 11.3 Å². The molecule has 0 aromatic carbocycles. The molecule has 2 heterocycles. The van der Waals surface area contributed by atoms with E-state index in [1.165, 1.54) is 15.6 Å². The van der Waals surface area contributed by atoms with E-state index in [1.54, 1.807) is 6.92 Å². The van der Waals surface area contributed by atoms with Gasteiger partial charge in [0, 0.05) is 19.5 Å². The van der Waals surface area contributed by atoms with E-state index in [4.69, 9.17) is 0 Å². The predicted octanol–water partition coefficient (Wildman–Crippen LogP) is 1.72. The number of aryl methyl sites for hydroxylation is 1. The Morgan fingerprint density at radius 2 is 2.00 bits per heavy atom.